The van der Waals surface area contributed by atoms with E-state index < -0.39 is 41.3 Å². The molecule has 0 spiro atoms. The number of hydrogen-bond acceptors (Lipinski definition) is 3. The van der Waals surface area contributed by atoms with Crippen LogP contribution in [-0.4, -0.2) is 27.9 Å². The lowest BCUT2D eigenvalue weighted by Gasteiger charge is -2.18. The van der Waals surface area contributed by atoms with Gasteiger partial charge in [0, 0.05) is 5.56 Å². The third-order valence-electron chi connectivity index (χ3n) is 4.01. The fourth-order valence-electron chi connectivity index (χ4n) is 2.77. The highest BCUT2D eigenvalue weighted by molar-refractivity contribution is 5.41. The molecule has 2 atom stereocenters. The number of nitrogens with zero attached hydrogens (tertiary/aromatic N) is 2. The molecule has 1 aromatic heterocycles. The van der Waals surface area contributed by atoms with Crippen LogP contribution in [0.25, 0.3) is 0 Å². The van der Waals surface area contributed by atoms with Crippen molar-refractivity contribution in [1.82, 2.24) is 9.78 Å². The van der Waals surface area contributed by atoms with E-state index in [-0.39, 0.29) is 6.54 Å². The lowest BCUT2D eigenvalue weighted by molar-refractivity contribution is -0.156. The smallest absolute Gasteiger partial charge is 0.435 e. The summed E-state index contributed by atoms with van der Waals surface area (Å²) in [5.74, 6) is -3.87. The van der Waals surface area contributed by atoms with E-state index in [0.29, 0.717) is 16.0 Å². The summed E-state index contributed by atoms with van der Waals surface area (Å²) < 4.78 is 86.1. The first-order valence-corrected chi connectivity index (χ1v) is 7.08. The van der Waals surface area contributed by atoms with Crippen LogP contribution in [0.3, 0.4) is 0 Å². The van der Waals surface area contributed by atoms with Crippen molar-refractivity contribution in [2.24, 2.45) is 0 Å². The number of methoxy groups -OCH3 is 1. The lowest BCUT2D eigenvalue weighted by Crippen LogP contribution is -2.27. The molecule has 25 heavy (non-hydrogen) atoms. The minimum absolute atomic E-state index is 0.369. The van der Waals surface area contributed by atoms with Gasteiger partial charge in [-0.1, -0.05) is 12.1 Å². The highest BCUT2D eigenvalue weighted by Crippen LogP contribution is 2.55. The van der Waals surface area contributed by atoms with Gasteiger partial charge < -0.3 is 9.84 Å². The summed E-state index contributed by atoms with van der Waals surface area (Å²) in [6.45, 7) is -0.369. The van der Waals surface area contributed by atoms with Crippen LogP contribution in [-0.2, 0) is 12.7 Å². The van der Waals surface area contributed by atoms with E-state index in [0.717, 1.165) is 0 Å². The van der Waals surface area contributed by atoms with Crippen molar-refractivity contribution < 1.29 is 36.2 Å². The molecule has 1 unspecified atom stereocenters. The first-order valence-electron chi connectivity index (χ1n) is 7.08. The Kier molecular flexibility index (Phi) is 3.98. The second-order valence-corrected chi connectivity index (χ2v) is 5.59. The van der Waals surface area contributed by atoms with Gasteiger partial charge in [0.15, 0.2) is 5.69 Å². The van der Waals surface area contributed by atoms with E-state index in [1.54, 1.807) is 0 Å². The van der Waals surface area contributed by atoms with Gasteiger partial charge in [-0.2, -0.15) is 27.1 Å². The Morgan fingerprint density at radius 1 is 1.24 bits per heavy atom. The van der Waals surface area contributed by atoms with Gasteiger partial charge in [0.25, 0.3) is 0 Å². The maximum atomic E-state index is 14.1. The fourth-order valence-corrected chi connectivity index (χ4v) is 2.77. The topological polar surface area (TPSA) is 47.3 Å². The summed E-state index contributed by atoms with van der Waals surface area (Å²) in [5.41, 5.74) is -3.47. The Morgan fingerprint density at radius 3 is 2.36 bits per heavy atom. The summed E-state index contributed by atoms with van der Waals surface area (Å²) in [6.07, 6.45) is -11.1. The number of aliphatic hydroxyl groups excluding tert-OH is 1. The van der Waals surface area contributed by atoms with Crippen molar-refractivity contribution in [2.75, 3.05) is 7.11 Å². The zero-order chi connectivity index (χ0) is 18.6. The normalized spacial score (nSPS) is 22.1. The predicted octanol–water partition coefficient (Wildman–Crippen LogP) is 3.65. The van der Waals surface area contributed by atoms with Crippen LogP contribution in [0.15, 0.2) is 24.3 Å². The number of fused-ring (bicyclic) bond motifs is 1. The average molecular weight is 366 g/mol. The number of aliphatic hydroxyl groups is 1. The first kappa shape index (κ1) is 17.6. The number of hydrogen-bond donors (Lipinski definition) is 1. The molecule has 0 bridgehead atoms. The Labute approximate surface area is 137 Å². The molecule has 0 fully saturated rings. The van der Waals surface area contributed by atoms with Crippen molar-refractivity contribution in [1.29, 1.82) is 0 Å². The molecule has 0 amide bonds. The maximum absolute atomic E-state index is 14.1. The molecule has 136 valence electrons. The number of alkyl halides is 6. The molecule has 3 rings (SSSR count). The van der Waals surface area contributed by atoms with E-state index >= 15 is 0 Å². The largest absolute Gasteiger partial charge is 0.497 e. The molecule has 1 heterocycles. The van der Waals surface area contributed by atoms with Gasteiger partial charge in [0.2, 0.25) is 6.17 Å². The van der Waals surface area contributed by atoms with Crippen LogP contribution < -0.4 is 4.74 Å². The number of rotatable bonds is 3. The number of aromatic nitrogens is 2. The molecule has 1 aromatic carbocycles. The lowest BCUT2D eigenvalue weighted by atomic mass is 10.1. The minimum Gasteiger partial charge on any atom is -0.497 e. The summed E-state index contributed by atoms with van der Waals surface area (Å²) in [6, 6.07) is 5.99. The van der Waals surface area contributed by atoms with Crippen LogP contribution in [0.1, 0.15) is 34.8 Å². The first-order chi connectivity index (χ1) is 11.6. The van der Waals surface area contributed by atoms with Crippen molar-refractivity contribution in [2.45, 2.75) is 30.9 Å². The average Bonchev–Trinajstić information content (AvgIpc) is 2.99. The number of benzene rings is 1. The molecule has 0 aliphatic heterocycles. The Balaban J connectivity index is 2.08. The maximum Gasteiger partial charge on any atom is 0.435 e. The number of ether oxygens (including phenoxy) is 1. The van der Waals surface area contributed by atoms with Crippen LogP contribution in [0.2, 0.25) is 0 Å². The SMILES string of the molecule is COc1ccc(Cn2nc(C(F)(F)F)c3c2C(F)C(F)(F)[C@H]3O)cc1. The quantitative estimate of drug-likeness (QED) is 0.844. The molecule has 1 N–H and O–H groups in total. The van der Waals surface area contributed by atoms with Crippen LogP contribution in [0.4, 0.5) is 26.3 Å². The van der Waals surface area contributed by atoms with Gasteiger partial charge in [0.1, 0.15) is 11.9 Å². The highest BCUT2D eigenvalue weighted by Gasteiger charge is 2.61. The third kappa shape index (κ3) is 2.74. The molecule has 10 heteroatoms. The fraction of sp³-hybridized carbons (Fsp3) is 0.400. The summed E-state index contributed by atoms with van der Waals surface area (Å²) in [4.78, 5) is 0. The van der Waals surface area contributed by atoms with Crippen molar-refractivity contribution in [3.8, 4) is 5.75 Å². The standard InChI is InChI=1S/C15H12F6N2O2/c1-25-8-4-2-7(3-5-8)6-23-10-9(12(22-23)15(19,20)21)13(24)14(17,18)11(10)16/h2-5,11,13,24H,6H2,1H3/t11?,13-/m0/s1. The molecular formula is C15H12F6N2O2. The Hall–Kier alpha value is -2.23. The molecular weight excluding hydrogens is 354 g/mol. The van der Waals surface area contributed by atoms with E-state index in [1.165, 1.54) is 31.4 Å². The predicted molar refractivity (Wildman–Crippen MR) is 73.1 cm³/mol. The summed E-state index contributed by atoms with van der Waals surface area (Å²) >= 11 is 0. The van der Waals surface area contributed by atoms with Crippen LogP contribution in [0, 0.1) is 0 Å². The van der Waals surface area contributed by atoms with Gasteiger partial charge in [-0.25, -0.2) is 4.39 Å². The van der Waals surface area contributed by atoms with E-state index in [2.05, 4.69) is 5.10 Å². The Bertz CT molecular complexity index is 785. The van der Waals surface area contributed by atoms with E-state index in [1.807, 2.05) is 0 Å². The van der Waals surface area contributed by atoms with Gasteiger partial charge in [-0.3, -0.25) is 4.68 Å². The monoisotopic (exact) mass is 366 g/mol. The minimum atomic E-state index is -5.10. The van der Waals surface area contributed by atoms with Crippen molar-refractivity contribution in [3.05, 3.63) is 46.8 Å². The second kappa shape index (κ2) is 5.65. The highest BCUT2D eigenvalue weighted by atomic mass is 19.4. The van der Waals surface area contributed by atoms with Gasteiger partial charge in [-0.05, 0) is 17.7 Å². The van der Waals surface area contributed by atoms with E-state index in [9.17, 15) is 31.4 Å². The van der Waals surface area contributed by atoms with Gasteiger partial charge in [0.05, 0.1) is 19.3 Å². The van der Waals surface area contributed by atoms with Crippen molar-refractivity contribution >= 4 is 0 Å². The van der Waals surface area contributed by atoms with Gasteiger partial charge in [-0.15, -0.1) is 0 Å². The molecule has 1 aliphatic rings. The summed E-state index contributed by atoms with van der Waals surface area (Å²) in [7, 11) is 1.42. The van der Waals surface area contributed by atoms with E-state index in [4.69, 9.17) is 4.74 Å². The molecule has 0 saturated carbocycles. The zero-order valence-corrected chi connectivity index (χ0v) is 12.7. The molecule has 1 aliphatic carbocycles. The molecule has 4 nitrogen and oxygen atoms in total. The number of halogens is 6. The summed E-state index contributed by atoms with van der Waals surface area (Å²) in [5, 5.41) is 12.7. The molecule has 0 saturated heterocycles. The zero-order valence-electron chi connectivity index (χ0n) is 12.7. The van der Waals surface area contributed by atoms with Gasteiger partial charge >= 0.3 is 12.1 Å². The molecule has 2 aromatic rings. The third-order valence-corrected chi connectivity index (χ3v) is 4.01. The second-order valence-electron chi connectivity index (χ2n) is 5.59. The van der Waals surface area contributed by atoms with Crippen molar-refractivity contribution in [3.63, 3.8) is 0 Å². The van der Waals surface area contributed by atoms with Crippen LogP contribution in [0.5, 0.6) is 5.75 Å². The van der Waals surface area contributed by atoms with Crippen LogP contribution >= 0.6 is 0 Å². The Morgan fingerprint density at radius 2 is 1.84 bits per heavy atom. The molecule has 0 radical (unpaired) electrons.